The van der Waals surface area contributed by atoms with Gasteiger partial charge in [0.15, 0.2) is 0 Å². The number of piperazine rings is 1. The van der Waals surface area contributed by atoms with Crippen molar-refractivity contribution in [2.45, 2.75) is 25.3 Å². The lowest BCUT2D eigenvalue weighted by Crippen LogP contribution is -2.48. The maximum Gasteiger partial charge on any atom is 0.317 e. The van der Waals surface area contributed by atoms with Gasteiger partial charge < -0.3 is 26.0 Å². The van der Waals surface area contributed by atoms with Gasteiger partial charge in [-0.1, -0.05) is 6.58 Å². The van der Waals surface area contributed by atoms with Crippen molar-refractivity contribution in [1.29, 1.82) is 5.26 Å². The van der Waals surface area contributed by atoms with Crippen molar-refractivity contribution in [2.24, 2.45) is 0 Å². The van der Waals surface area contributed by atoms with Crippen molar-refractivity contribution >= 4 is 40.7 Å². The first kappa shape index (κ1) is 24.0. The molecule has 0 spiro atoms. The molecule has 1 aromatic heterocycles. The molecule has 11 nitrogen and oxygen atoms in total. The van der Waals surface area contributed by atoms with Crippen LogP contribution in [-0.4, -0.2) is 70.6 Å². The lowest BCUT2D eigenvalue weighted by Gasteiger charge is -2.35. The molecule has 1 amide bonds. The van der Waals surface area contributed by atoms with Crippen molar-refractivity contribution in [3.05, 3.63) is 42.6 Å². The van der Waals surface area contributed by atoms with Crippen LogP contribution in [0.3, 0.4) is 0 Å². The molecule has 0 radical (unpaired) electrons. The molecule has 2 aromatic rings. The zero-order valence-corrected chi connectivity index (χ0v) is 19.3. The first-order valence-electron chi connectivity index (χ1n) is 11.5. The minimum absolute atomic E-state index is 0.0273. The summed E-state index contributed by atoms with van der Waals surface area (Å²) in [5.74, 6) is -0.402. The van der Waals surface area contributed by atoms with Gasteiger partial charge in [-0.25, -0.2) is 4.98 Å². The van der Waals surface area contributed by atoms with Crippen LogP contribution in [0.2, 0.25) is 0 Å². The Morgan fingerprint density at radius 3 is 2.63 bits per heavy atom. The van der Waals surface area contributed by atoms with Crippen LogP contribution in [0.15, 0.2) is 37.1 Å². The van der Waals surface area contributed by atoms with Crippen molar-refractivity contribution in [1.82, 2.24) is 14.9 Å². The van der Waals surface area contributed by atoms with E-state index in [4.69, 9.17) is 5.11 Å². The lowest BCUT2D eigenvalue weighted by molar-refractivity contribution is -0.138. The number of nitrogens with zero attached hydrogens (tertiary/aromatic N) is 5. The Kier molecular flexibility index (Phi) is 7.42. The van der Waals surface area contributed by atoms with Crippen LogP contribution in [0.4, 0.5) is 28.8 Å². The second-order valence-corrected chi connectivity index (χ2v) is 8.55. The predicted octanol–water partition coefficient (Wildman–Crippen LogP) is 2.39. The fourth-order valence-electron chi connectivity index (χ4n) is 3.98. The number of anilines is 5. The summed E-state index contributed by atoms with van der Waals surface area (Å²) >= 11 is 0. The van der Waals surface area contributed by atoms with Crippen molar-refractivity contribution in [2.75, 3.05) is 53.6 Å². The number of aromatic nitrogens is 2. The van der Waals surface area contributed by atoms with Gasteiger partial charge in [0.25, 0.3) is 0 Å². The number of carbonyl (C=O) groups is 2. The normalized spacial score (nSPS) is 16.0. The summed E-state index contributed by atoms with van der Waals surface area (Å²) in [5.41, 5.74) is 2.40. The van der Waals surface area contributed by atoms with E-state index in [9.17, 15) is 14.9 Å². The number of nitrogens with one attached hydrogen (secondary N) is 3. The molecule has 35 heavy (non-hydrogen) atoms. The topological polar surface area (TPSA) is 147 Å². The van der Waals surface area contributed by atoms with Crippen LogP contribution in [-0.2, 0) is 9.59 Å². The standard InChI is InChI=1S/C24H28N8O3/c1-2-21(33)28-20-12-18(32-10-8-31(9-11-32)15-22(34)35)6-7-19(20)29-24-26-14-16(13-25)23(30-24)27-17-4-3-5-17/h2,6-7,12,14,17H,1,3-5,8-11,15H2,(H,28,33)(H,34,35)(H2,26,27,29,30). The van der Waals surface area contributed by atoms with Crippen LogP contribution >= 0.6 is 0 Å². The third-order valence-electron chi connectivity index (χ3n) is 6.14. The molecule has 1 aliphatic carbocycles. The third-order valence-corrected chi connectivity index (χ3v) is 6.14. The summed E-state index contributed by atoms with van der Waals surface area (Å²) < 4.78 is 0. The second kappa shape index (κ2) is 10.8. The number of nitriles is 1. The quantitative estimate of drug-likeness (QED) is 0.398. The molecule has 0 atom stereocenters. The maximum atomic E-state index is 12.1. The van der Waals surface area contributed by atoms with Crippen LogP contribution in [0.5, 0.6) is 0 Å². The Labute approximate surface area is 203 Å². The number of hydrogen-bond donors (Lipinski definition) is 4. The molecule has 0 unspecified atom stereocenters. The van der Waals surface area contributed by atoms with Gasteiger partial charge in [-0.05, 0) is 43.5 Å². The van der Waals surface area contributed by atoms with Crippen LogP contribution in [0.25, 0.3) is 0 Å². The molecule has 1 saturated heterocycles. The van der Waals surface area contributed by atoms with Gasteiger partial charge in [-0.15, -0.1) is 0 Å². The molecule has 2 aliphatic rings. The summed E-state index contributed by atoms with van der Waals surface area (Å²) in [6.07, 6.45) is 5.91. The number of carboxylic acids is 1. The van der Waals surface area contributed by atoms with E-state index >= 15 is 0 Å². The smallest absolute Gasteiger partial charge is 0.317 e. The van der Waals surface area contributed by atoms with Crippen molar-refractivity contribution in [3.63, 3.8) is 0 Å². The fourth-order valence-corrected chi connectivity index (χ4v) is 3.98. The number of rotatable bonds is 9. The Balaban J connectivity index is 1.54. The van der Waals surface area contributed by atoms with E-state index in [1.807, 2.05) is 23.1 Å². The lowest BCUT2D eigenvalue weighted by atomic mass is 9.93. The molecule has 1 aromatic carbocycles. The number of hydrogen-bond acceptors (Lipinski definition) is 9. The van der Waals surface area contributed by atoms with Gasteiger partial charge in [0.2, 0.25) is 11.9 Å². The molecule has 0 bridgehead atoms. The zero-order valence-electron chi connectivity index (χ0n) is 19.3. The summed E-state index contributed by atoms with van der Waals surface area (Å²) in [5, 5.41) is 27.7. The molecule has 11 heteroatoms. The van der Waals surface area contributed by atoms with Crippen LogP contribution in [0, 0.1) is 11.3 Å². The molecule has 2 fully saturated rings. The number of benzene rings is 1. The fraction of sp³-hybridized carbons (Fsp3) is 0.375. The Hall–Kier alpha value is -4.17. The van der Waals surface area contributed by atoms with E-state index in [0.717, 1.165) is 24.9 Å². The zero-order chi connectivity index (χ0) is 24.8. The summed E-state index contributed by atoms with van der Waals surface area (Å²) in [7, 11) is 0. The summed E-state index contributed by atoms with van der Waals surface area (Å²) in [6, 6.07) is 8.04. The molecule has 1 saturated carbocycles. The van der Waals surface area contributed by atoms with Gasteiger partial charge in [0, 0.05) is 37.9 Å². The molecule has 4 rings (SSSR count). The highest BCUT2D eigenvalue weighted by molar-refractivity contribution is 6.02. The largest absolute Gasteiger partial charge is 0.480 e. The Morgan fingerprint density at radius 1 is 1.23 bits per heavy atom. The van der Waals surface area contributed by atoms with Crippen LogP contribution < -0.4 is 20.9 Å². The van der Waals surface area contributed by atoms with E-state index in [2.05, 4.69) is 43.5 Å². The number of carbonyl (C=O) groups excluding carboxylic acids is 1. The molecule has 2 heterocycles. The van der Waals surface area contributed by atoms with E-state index in [0.29, 0.717) is 60.9 Å². The average molecular weight is 477 g/mol. The number of carboxylic acid groups (broad SMARTS) is 1. The van der Waals surface area contributed by atoms with E-state index < -0.39 is 5.97 Å². The minimum atomic E-state index is -0.834. The summed E-state index contributed by atoms with van der Waals surface area (Å²) in [4.78, 5) is 35.9. The first-order chi connectivity index (χ1) is 16.9. The van der Waals surface area contributed by atoms with E-state index in [1.54, 1.807) is 0 Å². The SMILES string of the molecule is C=CC(=O)Nc1cc(N2CCN(CC(=O)O)CC2)ccc1Nc1ncc(C#N)c(NC2CCC2)n1. The first-order valence-corrected chi connectivity index (χ1v) is 11.5. The molecule has 1 aliphatic heterocycles. The van der Waals surface area contributed by atoms with E-state index in [-0.39, 0.29) is 12.5 Å². The summed E-state index contributed by atoms with van der Waals surface area (Å²) in [6.45, 7) is 6.17. The Morgan fingerprint density at radius 2 is 2.00 bits per heavy atom. The Bertz CT molecular complexity index is 1150. The van der Waals surface area contributed by atoms with Gasteiger partial charge in [-0.3, -0.25) is 14.5 Å². The van der Waals surface area contributed by atoms with E-state index in [1.165, 1.54) is 12.3 Å². The molecular formula is C24H28N8O3. The average Bonchev–Trinajstić information content (AvgIpc) is 2.82. The highest BCUT2D eigenvalue weighted by Crippen LogP contribution is 2.31. The number of aliphatic carboxylic acids is 1. The maximum absolute atomic E-state index is 12.1. The predicted molar refractivity (Wildman–Crippen MR) is 133 cm³/mol. The minimum Gasteiger partial charge on any atom is -0.480 e. The van der Waals surface area contributed by atoms with Gasteiger partial charge >= 0.3 is 5.97 Å². The monoisotopic (exact) mass is 476 g/mol. The second-order valence-electron chi connectivity index (χ2n) is 8.55. The van der Waals surface area contributed by atoms with Gasteiger partial charge in [0.1, 0.15) is 17.5 Å². The molecule has 182 valence electrons. The molecule has 4 N–H and O–H groups in total. The number of amides is 1. The van der Waals surface area contributed by atoms with Crippen molar-refractivity contribution < 1.29 is 14.7 Å². The highest BCUT2D eigenvalue weighted by Gasteiger charge is 2.21. The van der Waals surface area contributed by atoms with Crippen LogP contribution in [0.1, 0.15) is 24.8 Å². The third kappa shape index (κ3) is 6.04. The highest BCUT2D eigenvalue weighted by atomic mass is 16.4. The van der Waals surface area contributed by atoms with Gasteiger partial charge in [-0.2, -0.15) is 10.2 Å². The van der Waals surface area contributed by atoms with Gasteiger partial charge in [0.05, 0.1) is 24.1 Å². The molecular weight excluding hydrogens is 448 g/mol. The van der Waals surface area contributed by atoms with Crippen molar-refractivity contribution in [3.8, 4) is 6.07 Å².